The van der Waals surface area contributed by atoms with E-state index in [0.717, 1.165) is 24.4 Å². The minimum Gasteiger partial charge on any atom is -0.368 e. The predicted octanol–water partition coefficient (Wildman–Crippen LogP) is 1.11. The number of anilines is 1. The van der Waals surface area contributed by atoms with E-state index < -0.39 is 0 Å². The van der Waals surface area contributed by atoms with Crippen LogP contribution in [0, 0.1) is 5.92 Å². The SMILES string of the molecule is CN1CCCC(CNc2ncnc3nc[nH]c23)C1. The molecule has 2 aromatic rings. The standard InChI is InChI=1S/C12H18N6/c1-18-4-2-3-9(6-18)5-13-11-10-12(15-7-14-10)17-8-16-11/h7-9H,2-6H2,1H3,(H2,13,14,15,16,17). The lowest BCUT2D eigenvalue weighted by molar-refractivity contribution is 0.217. The summed E-state index contributed by atoms with van der Waals surface area (Å²) >= 11 is 0. The number of imidazole rings is 1. The Morgan fingerprint density at radius 1 is 1.44 bits per heavy atom. The number of fused-ring (bicyclic) bond motifs is 1. The van der Waals surface area contributed by atoms with Crippen molar-refractivity contribution in [1.29, 1.82) is 0 Å². The van der Waals surface area contributed by atoms with Crippen LogP contribution < -0.4 is 5.32 Å². The first-order valence-corrected chi connectivity index (χ1v) is 6.39. The summed E-state index contributed by atoms with van der Waals surface area (Å²) in [7, 11) is 2.18. The van der Waals surface area contributed by atoms with Gasteiger partial charge in [0.15, 0.2) is 11.5 Å². The minimum absolute atomic E-state index is 0.691. The zero-order valence-corrected chi connectivity index (χ0v) is 10.6. The summed E-state index contributed by atoms with van der Waals surface area (Å²) in [5, 5.41) is 3.42. The second kappa shape index (κ2) is 4.89. The molecule has 3 heterocycles. The van der Waals surface area contributed by atoms with Crippen LogP contribution in [0.5, 0.6) is 0 Å². The molecule has 6 heteroatoms. The molecule has 0 radical (unpaired) electrons. The van der Waals surface area contributed by atoms with Gasteiger partial charge in [-0.3, -0.25) is 0 Å². The molecule has 0 bridgehead atoms. The van der Waals surface area contributed by atoms with Crippen molar-refractivity contribution in [2.45, 2.75) is 12.8 Å². The summed E-state index contributed by atoms with van der Waals surface area (Å²) in [6.45, 7) is 3.33. The van der Waals surface area contributed by atoms with Gasteiger partial charge in [-0.1, -0.05) is 0 Å². The van der Waals surface area contributed by atoms with E-state index in [4.69, 9.17) is 0 Å². The average Bonchev–Trinajstić information content (AvgIpc) is 2.85. The monoisotopic (exact) mass is 246 g/mol. The molecule has 1 fully saturated rings. The first-order chi connectivity index (χ1) is 8.83. The van der Waals surface area contributed by atoms with Crippen molar-refractivity contribution in [1.82, 2.24) is 24.8 Å². The smallest absolute Gasteiger partial charge is 0.182 e. The first kappa shape index (κ1) is 11.4. The molecule has 1 atom stereocenters. The van der Waals surface area contributed by atoms with Crippen molar-refractivity contribution in [3.05, 3.63) is 12.7 Å². The molecule has 6 nitrogen and oxygen atoms in total. The number of hydrogen-bond donors (Lipinski definition) is 2. The van der Waals surface area contributed by atoms with Crippen LogP contribution >= 0.6 is 0 Å². The first-order valence-electron chi connectivity index (χ1n) is 6.39. The maximum absolute atomic E-state index is 4.28. The Morgan fingerprint density at radius 3 is 3.28 bits per heavy atom. The van der Waals surface area contributed by atoms with Crippen LogP contribution in [0.1, 0.15) is 12.8 Å². The highest BCUT2D eigenvalue weighted by atomic mass is 15.1. The van der Waals surface area contributed by atoms with Crippen molar-refractivity contribution >= 4 is 17.0 Å². The van der Waals surface area contributed by atoms with Gasteiger partial charge in [0.05, 0.1) is 6.33 Å². The minimum atomic E-state index is 0.691. The lowest BCUT2D eigenvalue weighted by Gasteiger charge is -2.29. The number of piperidine rings is 1. The molecular weight excluding hydrogens is 228 g/mol. The molecule has 0 spiro atoms. The summed E-state index contributed by atoms with van der Waals surface area (Å²) in [5.74, 6) is 1.54. The highest BCUT2D eigenvalue weighted by Crippen LogP contribution is 2.18. The van der Waals surface area contributed by atoms with E-state index in [9.17, 15) is 0 Å². The zero-order chi connectivity index (χ0) is 12.4. The molecular formula is C12H18N6. The molecule has 0 aliphatic carbocycles. The molecule has 18 heavy (non-hydrogen) atoms. The van der Waals surface area contributed by atoms with Gasteiger partial charge >= 0.3 is 0 Å². The fourth-order valence-corrected chi connectivity index (χ4v) is 2.58. The normalized spacial score (nSPS) is 21.3. The molecule has 1 aliphatic heterocycles. The number of nitrogens with one attached hydrogen (secondary N) is 2. The van der Waals surface area contributed by atoms with Crippen molar-refractivity contribution in [2.75, 3.05) is 32.0 Å². The van der Waals surface area contributed by atoms with Gasteiger partial charge in [-0.05, 0) is 32.4 Å². The van der Waals surface area contributed by atoms with Crippen LogP contribution in [0.15, 0.2) is 12.7 Å². The van der Waals surface area contributed by atoms with Crippen molar-refractivity contribution in [2.24, 2.45) is 5.92 Å². The Kier molecular flexibility index (Phi) is 3.10. The van der Waals surface area contributed by atoms with E-state index in [1.807, 2.05) is 0 Å². The number of aromatic amines is 1. The van der Waals surface area contributed by atoms with Crippen molar-refractivity contribution in [3.8, 4) is 0 Å². The Morgan fingerprint density at radius 2 is 2.39 bits per heavy atom. The molecule has 1 aliphatic rings. The van der Waals surface area contributed by atoms with Gasteiger partial charge in [0.25, 0.3) is 0 Å². The summed E-state index contributed by atoms with van der Waals surface area (Å²) < 4.78 is 0. The van der Waals surface area contributed by atoms with Crippen LogP contribution in [0.3, 0.4) is 0 Å². The van der Waals surface area contributed by atoms with Gasteiger partial charge in [0.2, 0.25) is 0 Å². The van der Waals surface area contributed by atoms with Crippen LogP contribution in [0.4, 0.5) is 5.82 Å². The summed E-state index contributed by atoms with van der Waals surface area (Å²) in [6, 6.07) is 0. The van der Waals surface area contributed by atoms with Gasteiger partial charge in [0.1, 0.15) is 11.8 Å². The topological polar surface area (TPSA) is 69.7 Å². The van der Waals surface area contributed by atoms with E-state index >= 15 is 0 Å². The van der Waals surface area contributed by atoms with E-state index in [1.54, 1.807) is 12.7 Å². The number of likely N-dealkylation sites (tertiary alicyclic amines) is 1. The Bertz CT molecular complexity index is 522. The van der Waals surface area contributed by atoms with Crippen molar-refractivity contribution in [3.63, 3.8) is 0 Å². The summed E-state index contributed by atoms with van der Waals surface area (Å²) in [4.78, 5) is 18.0. The third-order valence-corrected chi connectivity index (χ3v) is 3.50. The van der Waals surface area contributed by atoms with Crippen LogP contribution in [-0.4, -0.2) is 51.5 Å². The Labute approximate surface area is 106 Å². The number of rotatable bonds is 3. The molecule has 1 saturated heterocycles. The number of H-pyrrole nitrogens is 1. The molecule has 3 rings (SSSR count). The van der Waals surface area contributed by atoms with Gasteiger partial charge in [-0.15, -0.1) is 0 Å². The van der Waals surface area contributed by atoms with Gasteiger partial charge in [-0.25, -0.2) is 15.0 Å². The molecule has 0 saturated carbocycles. The highest BCUT2D eigenvalue weighted by Gasteiger charge is 2.17. The number of nitrogens with zero attached hydrogens (tertiary/aromatic N) is 4. The Hall–Kier alpha value is -1.69. The zero-order valence-electron chi connectivity index (χ0n) is 10.6. The predicted molar refractivity (Wildman–Crippen MR) is 70.4 cm³/mol. The van der Waals surface area contributed by atoms with E-state index in [1.165, 1.54) is 19.4 Å². The van der Waals surface area contributed by atoms with Crippen molar-refractivity contribution < 1.29 is 0 Å². The lowest BCUT2D eigenvalue weighted by Crippen LogP contribution is -2.35. The number of aromatic nitrogens is 4. The highest BCUT2D eigenvalue weighted by molar-refractivity contribution is 5.81. The molecule has 0 amide bonds. The molecule has 1 unspecified atom stereocenters. The molecule has 2 aromatic heterocycles. The quantitative estimate of drug-likeness (QED) is 0.849. The van der Waals surface area contributed by atoms with Gasteiger partial charge in [-0.2, -0.15) is 0 Å². The fourth-order valence-electron chi connectivity index (χ4n) is 2.58. The van der Waals surface area contributed by atoms with E-state index in [2.05, 4.69) is 37.2 Å². The summed E-state index contributed by atoms with van der Waals surface area (Å²) in [6.07, 6.45) is 5.78. The summed E-state index contributed by atoms with van der Waals surface area (Å²) in [5.41, 5.74) is 1.61. The van der Waals surface area contributed by atoms with E-state index in [0.29, 0.717) is 11.6 Å². The van der Waals surface area contributed by atoms with Crippen LogP contribution in [0.25, 0.3) is 11.2 Å². The third kappa shape index (κ3) is 2.28. The number of hydrogen-bond acceptors (Lipinski definition) is 5. The largest absolute Gasteiger partial charge is 0.368 e. The molecule has 96 valence electrons. The molecule has 2 N–H and O–H groups in total. The fraction of sp³-hybridized carbons (Fsp3) is 0.583. The Balaban J connectivity index is 1.67. The van der Waals surface area contributed by atoms with E-state index in [-0.39, 0.29) is 0 Å². The third-order valence-electron chi connectivity index (χ3n) is 3.50. The molecule has 0 aromatic carbocycles. The van der Waals surface area contributed by atoms with Gasteiger partial charge < -0.3 is 15.2 Å². The maximum Gasteiger partial charge on any atom is 0.182 e. The van der Waals surface area contributed by atoms with Crippen LogP contribution in [-0.2, 0) is 0 Å². The average molecular weight is 246 g/mol. The lowest BCUT2D eigenvalue weighted by atomic mass is 9.98. The second-order valence-electron chi connectivity index (χ2n) is 4.97. The maximum atomic E-state index is 4.28. The second-order valence-corrected chi connectivity index (χ2v) is 4.97. The van der Waals surface area contributed by atoms with Gasteiger partial charge in [0, 0.05) is 13.1 Å². The van der Waals surface area contributed by atoms with Crippen LogP contribution in [0.2, 0.25) is 0 Å².